The lowest BCUT2D eigenvalue weighted by molar-refractivity contribution is 0.0649. The highest BCUT2D eigenvalue weighted by Crippen LogP contribution is 2.27. The first-order valence-corrected chi connectivity index (χ1v) is 12.5. The Bertz CT molecular complexity index is 1220. The lowest BCUT2D eigenvalue weighted by Crippen LogP contribution is -2.37. The maximum Gasteiger partial charge on any atom is 0.251 e. The van der Waals surface area contributed by atoms with Crippen LogP contribution in [0.4, 0.5) is 5.69 Å². The topological polar surface area (TPSA) is 99.7 Å². The van der Waals surface area contributed by atoms with E-state index in [1.165, 1.54) is 0 Å². The Kier molecular flexibility index (Phi) is 9.06. The number of rotatable bonds is 10. The standard InChI is InChI=1S/C28H35ClN4O3/c1-6-33-17-25(32-27(33)28(4,5)36)20-9-7-19(8-10-20)15-22(13-14-34)31-26(35)21-11-12-24(23(29)16-21)30-18(2)3/h7-12,16-17,22,34,36H,6,13-15H2,1-5H3,(H,31,35)/t22-/m1/s1. The molecule has 2 aromatic carbocycles. The summed E-state index contributed by atoms with van der Waals surface area (Å²) in [6, 6.07) is 12.8. The van der Waals surface area contributed by atoms with Crippen molar-refractivity contribution in [3.63, 3.8) is 0 Å². The quantitative estimate of drug-likeness (QED) is 0.323. The second-order valence-corrected chi connectivity index (χ2v) is 10.0. The number of aliphatic imine (C=N–C) groups is 1. The van der Waals surface area contributed by atoms with Gasteiger partial charge >= 0.3 is 0 Å². The summed E-state index contributed by atoms with van der Waals surface area (Å²) in [6.45, 7) is 9.91. The third kappa shape index (κ3) is 7.03. The first-order valence-electron chi connectivity index (χ1n) is 12.1. The van der Waals surface area contributed by atoms with Gasteiger partial charge in [-0.25, -0.2) is 4.98 Å². The molecule has 0 bridgehead atoms. The number of halogens is 1. The van der Waals surface area contributed by atoms with Gasteiger partial charge in [0.25, 0.3) is 5.91 Å². The molecule has 8 heteroatoms. The molecule has 3 rings (SSSR count). The molecule has 3 N–H and O–H groups in total. The molecule has 1 heterocycles. The van der Waals surface area contributed by atoms with Gasteiger partial charge < -0.3 is 20.1 Å². The van der Waals surface area contributed by atoms with Crippen LogP contribution in [-0.4, -0.2) is 44.0 Å². The molecule has 3 aromatic rings. The SMILES string of the molecule is CCn1cc(-c2ccc(C[C@@H](CCO)NC(=O)c3ccc(N=C(C)C)c(Cl)c3)cc2)nc1C(C)(C)O. The van der Waals surface area contributed by atoms with E-state index in [2.05, 4.69) is 15.3 Å². The van der Waals surface area contributed by atoms with Gasteiger partial charge in [-0.2, -0.15) is 0 Å². The summed E-state index contributed by atoms with van der Waals surface area (Å²) >= 11 is 6.31. The molecule has 0 unspecified atom stereocenters. The van der Waals surface area contributed by atoms with Crippen LogP contribution in [0.25, 0.3) is 11.3 Å². The Morgan fingerprint density at radius 1 is 1.19 bits per heavy atom. The summed E-state index contributed by atoms with van der Waals surface area (Å²) in [4.78, 5) is 21.9. The number of hydrogen-bond donors (Lipinski definition) is 3. The van der Waals surface area contributed by atoms with E-state index in [4.69, 9.17) is 11.6 Å². The van der Waals surface area contributed by atoms with E-state index < -0.39 is 5.60 Å². The molecular formula is C28H35ClN4O3. The fourth-order valence-electron chi connectivity index (χ4n) is 4.01. The Balaban J connectivity index is 1.72. The predicted molar refractivity (Wildman–Crippen MR) is 145 cm³/mol. The highest BCUT2D eigenvalue weighted by atomic mass is 35.5. The van der Waals surface area contributed by atoms with Crippen LogP contribution < -0.4 is 5.32 Å². The van der Waals surface area contributed by atoms with E-state index in [1.54, 1.807) is 32.0 Å². The summed E-state index contributed by atoms with van der Waals surface area (Å²) in [6.07, 6.45) is 2.94. The summed E-state index contributed by atoms with van der Waals surface area (Å²) in [5, 5.41) is 23.4. The number of imidazole rings is 1. The van der Waals surface area contributed by atoms with Gasteiger partial charge in [0.2, 0.25) is 0 Å². The van der Waals surface area contributed by atoms with Gasteiger partial charge in [-0.15, -0.1) is 0 Å². The molecular weight excluding hydrogens is 476 g/mol. The van der Waals surface area contributed by atoms with Crippen molar-refractivity contribution in [1.29, 1.82) is 0 Å². The van der Waals surface area contributed by atoms with Gasteiger partial charge in [0.05, 0.1) is 16.4 Å². The lowest BCUT2D eigenvalue weighted by Gasteiger charge is -2.18. The molecule has 0 radical (unpaired) electrons. The molecule has 1 amide bonds. The van der Waals surface area contributed by atoms with Crippen molar-refractivity contribution in [2.24, 2.45) is 4.99 Å². The predicted octanol–water partition coefficient (Wildman–Crippen LogP) is 5.29. The van der Waals surface area contributed by atoms with E-state index in [9.17, 15) is 15.0 Å². The smallest absolute Gasteiger partial charge is 0.251 e. The maximum absolute atomic E-state index is 12.9. The van der Waals surface area contributed by atoms with Gasteiger partial charge in [0.1, 0.15) is 11.4 Å². The molecule has 0 spiro atoms. The number of amides is 1. The fraction of sp³-hybridized carbons (Fsp3) is 0.393. The van der Waals surface area contributed by atoms with Crippen molar-refractivity contribution in [2.45, 2.75) is 65.6 Å². The summed E-state index contributed by atoms with van der Waals surface area (Å²) in [5.41, 5.74) is 3.67. The lowest BCUT2D eigenvalue weighted by atomic mass is 10.0. The van der Waals surface area contributed by atoms with Crippen molar-refractivity contribution >= 4 is 28.9 Å². The average molecular weight is 511 g/mol. The number of nitrogens with zero attached hydrogens (tertiary/aromatic N) is 3. The molecule has 0 saturated carbocycles. The second-order valence-electron chi connectivity index (χ2n) is 9.60. The average Bonchev–Trinajstić information content (AvgIpc) is 3.26. The molecule has 0 saturated heterocycles. The number of benzene rings is 2. The number of aliphatic hydroxyl groups is 2. The maximum atomic E-state index is 12.9. The summed E-state index contributed by atoms with van der Waals surface area (Å²) < 4.78 is 1.95. The number of carbonyl (C=O) groups excluding carboxylic acids is 1. The van der Waals surface area contributed by atoms with E-state index >= 15 is 0 Å². The third-order valence-corrected chi connectivity index (χ3v) is 6.07. The van der Waals surface area contributed by atoms with Crippen LogP contribution in [0.15, 0.2) is 53.7 Å². The van der Waals surface area contributed by atoms with Crippen LogP contribution in [0, 0.1) is 0 Å². The molecule has 0 aliphatic rings. The summed E-state index contributed by atoms with van der Waals surface area (Å²) in [5.74, 6) is 0.375. The minimum absolute atomic E-state index is 0.0403. The van der Waals surface area contributed by atoms with Crippen molar-refractivity contribution in [3.05, 3.63) is 70.6 Å². The molecule has 0 aliphatic carbocycles. The van der Waals surface area contributed by atoms with Crippen molar-refractivity contribution < 1.29 is 15.0 Å². The van der Waals surface area contributed by atoms with Gasteiger partial charge in [-0.05, 0) is 71.2 Å². The zero-order valence-corrected chi connectivity index (χ0v) is 22.3. The molecule has 7 nitrogen and oxygen atoms in total. The molecule has 0 fully saturated rings. The van der Waals surface area contributed by atoms with Crippen molar-refractivity contribution in [3.8, 4) is 11.3 Å². The Labute approximate surface area is 217 Å². The molecule has 36 heavy (non-hydrogen) atoms. The summed E-state index contributed by atoms with van der Waals surface area (Å²) in [7, 11) is 0. The van der Waals surface area contributed by atoms with Gasteiger partial charge in [0.15, 0.2) is 0 Å². The Morgan fingerprint density at radius 3 is 2.42 bits per heavy atom. The Morgan fingerprint density at radius 2 is 1.89 bits per heavy atom. The zero-order chi connectivity index (χ0) is 26.5. The first kappa shape index (κ1) is 27.6. The Hall–Kier alpha value is -3.00. The number of carbonyl (C=O) groups is 1. The number of aromatic nitrogens is 2. The van der Waals surface area contributed by atoms with Crippen LogP contribution in [0.3, 0.4) is 0 Å². The van der Waals surface area contributed by atoms with Crippen LogP contribution in [0.1, 0.15) is 62.8 Å². The third-order valence-electron chi connectivity index (χ3n) is 5.76. The van der Waals surface area contributed by atoms with Gasteiger partial charge in [-0.1, -0.05) is 35.9 Å². The van der Waals surface area contributed by atoms with E-state index in [0.29, 0.717) is 41.5 Å². The number of hydrogen-bond acceptors (Lipinski definition) is 5. The number of nitrogens with one attached hydrogen (secondary N) is 1. The van der Waals surface area contributed by atoms with Crippen LogP contribution in [0.5, 0.6) is 0 Å². The zero-order valence-electron chi connectivity index (χ0n) is 21.5. The highest BCUT2D eigenvalue weighted by molar-refractivity contribution is 6.33. The number of aliphatic hydroxyl groups excluding tert-OH is 1. The minimum atomic E-state index is -1.03. The van der Waals surface area contributed by atoms with Gasteiger partial charge in [-0.3, -0.25) is 9.79 Å². The fourth-order valence-corrected chi connectivity index (χ4v) is 4.23. The molecule has 1 atom stereocenters. The van der Waals surface area contributed by atoms with E-state index in [-0.39, 0.29) is 18.6 Å². The van der Waals surface area contributed by atoms with Crippen LogP contribution >= 0.6 is 11.6 Å². The van der Waals surface area contributed by atoms with Crippen LogP contribution in [-0.2, 0) is 18.6 Å². The highest BCUT2D eigenvalue weighted by Gasteiger charge is 2.23. The minimum Gasteiger partial charge on any atom is -0.396 e. The van der Waals surface area contributed by atoms with Crippen molar-refractivity contribution in [1.82, 2.24) is 14.9 Å². The monoisotopic (exact) mass is 510 g/mol. The first-order chi connectivity index (χ1) is 17.0. The number of aryl methyl sites for hydroxylation is 1. The van der Waals surface area contributed by atoms with E-state index in [0.717, 1.165) is 22.5 Å². The van der Waals surface area contributed by atoms with Crippen molar-refractivity contribution in [2.75, 3.05) is 6.61 Å². The second kappa shape index (κ2) is 11.8. The van der Waals surface area contributed by atoms with Gasteiger partial charge in [0, 0.05) is 42.2 Å². The molecule has 0 aliphatic heterocycles. The largest absolute Gasteiger partial charge is 0.396 e. The van der Waals surface area contributed by atoms with E-state index in [1.807, 2.05) is 55.8 Å². The molecule has 192 valence electrons. The van der Waals surface area contributed by atoms with Crippen LogP contribution in [0.2, 0.25) is 5.02 Å². The molecule has 1 aromatic heterocycles. The normalized spacial score (nSPS) is 12.3.